The molecule has 0 aliphatic rings. The molecule has 0 saturated carbocycles. The molecule has 0 aliphatic carbocycles. The summed E-state index contributed by atoms with van der Waals surface area (Å²) in [5, 5.41) is 3.30. The number of methoxy groups -OCH3 is 2. The summed E-state index contributed by atoms with van der Waals surface area (Å²) >= 11 is 0. The van der Waals surface area contributed by atoms with Crippen molar-refractivity contribution in [2.24, 2.45) is 0 Å². The van der Waals surface area contributed by atoms with E-state index in [0.717, 1.165) is 39.3 Å². The smallest absolute Gasteiger partial charge is 0.0948 e. The molecule has 0 radical (unpaired) electrons. The van der Waals surface area contributed by atoms with Gasteiger partial charge in [0.25, 0.3) is 0 Å². The molecule has 16 heavy (non-hydrogen) atoms. The second kappa shape index (κ2) is 8.27. The first-order valence-corrected chi connectivity index (χ1v) is 5.56. The van der Waals surface area contributed by atoms with E-state index in [1.54, 1.807) is 14.2 Å². The van der Waals surface area contributed by atoms with Crippen molar-refractivity contribution in [2.75, 3.05) is 34.0 Å². The summed E-state index contributed by atoms with van der Waals surface area (Å²) in [6.07, 6.45) is 4.77. The molecule has 1 N–H and O–H groups in total. The van der Waals surface area contributed by atoms with Crippen LogP contribution < -0.4 is 5.32 Å². The topological polar surface area (TPSA) is 48.3 Å². The fourth-order valence-electron chi connectivity index (χ4n) is 1.47. The van der Waals surface area contributed by atoms with Crippen LogP contribution in [0.25, 0.3) is 0 Å². The van der Waals surface area contributed by atoms with Gasteiger partial charge in [-0.05, 0) is 6.42 Å². The lowest BCUT2D eigenvalue weighted by Crippen LogP contribution is -2.20. The van der Waals surface area contributed by atoms with Crippen LogP contribution in [0.3, 0.4) is 0 Å². The van der Waals surface area contributed by atoms with Gasteiger partial charge >= 0.3 is 0 Å². The quantitative estimate of drug-likeness (QED) is 0.629. The largest absolute Gasteiger partial charge is 0.385 e. The second-order valence-electron chi connectivity index (χ2n) is 3.59. The second-order valence-corrected chi connectivity index (χ2v) is 3.59. The van der Waals surface area contributed by atoms with Crippen molar-refractivity contribution in [3.8, 4) is 0 Å². The first kappa shape index (κ1) is 13.2. The van der Waals surface area contributed by atoms with Gasteiger partial charge < -0.3 is 19.4 Å². The van der Waals surface area contributed by atoms with Gasteiger partial charge in [-0.2, -0.15) is 0 Å². The molecule has 0 unspecified atom stereocenters. The minimum Gasteiger partial charge on any atom is -0.385 e. The summed E-state index contributed by atoms with van der Waals surface area (Å²) in [5.74, 6) is 0. The number of aryl methyl sites for hydroxylation is 1. The Hall–Kier alpha value is -0.910. The van der Waals surface area contributed by atoms with Gasteiger partial charge in [0.15, 0.2) is 0 Å². The lowest BCUT2D eigenvalue weighted by Gasteiger charge is -2.08. The van der Waals surface area contributed by atoms with E-state index in [9.17, 15) is 0 Å². The van der Waals surface area contributed by atoms with Crippen molar-refractivity contribution in [1.29, 1.82) is 0 Å². The highest BCUT2D eigenvalue weighted by Gasteiger charge is 2.00. The van der Waals surface area contributed by atoms with Gasteiger partial charge in [0.2, 0.25) is 0 Å². The SMILES string of the molecule is COCCCn1cncc1CNCCOC. The van der Waals surface area contributed by atoms with E-state index in [0.29, 0.717) is 0 Å². The van der Waals surface area contributed by atoms with Crippen molar-refractivity contribution in [3.05, 3.63) is 18.2 Å². The normalized spacial score (nSPS) is 10.9. The zero-order valence-corrected chi connectivity index (χ0v) is 10.1. The molecule has 0 aliphatic heterocycles. The Morgan fingerprint density at radius 2 is 2.12 bits per heavy atom. The average molecular weight is 227 g/mol. The van der Waals surface area contributed by atoms with Crippen LogP contribution in [0, 0.1) is 0 Å². The zero-order chi connectivity index (χ0) is 11.6. The zero-order valence-electron chi connectivity index (χ0n) is 10.1. The monoisotopic (exact) mass is 227 g/mol. The van der Waals surface area contributed by atoms with Gasteiger partial charge in [0.1, 0.15) is 0 Å². The van der Waals surface area contributed by atoms with Crippen molar-refractivity contribution < 1.29 is 9.47 Å². The van der Waals surface area contributed by atoms with Gasteiger partial charge in [-0.25, -0.2) is 4.98 Å². The number of nitrogens with zero attached hydrogens (tertiary/aromatic N) is 2. The predicted molar refractivity (Wildman–Crippen MR) is 62.3 cm³/mol. The van der Waals surface area contributed by atoms with E-state index < -0.39 is 0 Å². The summed E-state index contributed by atoms with van der Waals surface area (Å²) in [6, 6.07) is 0. The highest BCUT2D eigenvalue weighted by atomic mass is 16.5. The van der Waals surface area contributed by atoms with Crippen LogP contribution in [0.5, 0.6) is 0 Å². The lowest BCUT2D eigenvalue weighted by atomic mass is 10.4. The Labute approximate surface area is 96.8 Å². The number of ether oxygens (including phenoxy) is 2. The minimum atomic E-state index is 0.734. The van der Waals surface area contributed by atoms with E-state index in [4.69, 9.17) is 9.47 Å². The standard InChI is InChI=1S/C11H21N3O2/c1-15-6-3-5-14-10-13-9-11(14)8-12-4-7-16-2/h9-10,12H,3-8H2,1-2H3. The van der Waals surface area contributed by atoms with Crippen LogP contribution in [0.1, 0.15) is 12.1 Å². The number of imidazole rings is 1. The summed E-state index contributed by atoms with van der Waals surface area (Å²) in [5.41, 5.74) is 1.20. The highest BCUT2D eigenvalue weighted by molar-refractivity contribution is 4.97. The highest BCUT2D eigenvalue weighted by Crippen LogP contribution is 2.00. The Morgan fingerprint density at radius 3 is 2.88 bits per heavy atom. The van der Waals surface area contributed by atoms with Crippen molar-refractivity contribution >= 4 is 0 Å². The number of rotatable bonds is 9. The van der Waals surface area contributed by atoms with Crippen LogP contribution in [0.15, 0.2) is 12.5 Å². The molecule has 0 amide bonds. The van der Waals surface area contributed by atoms with Crippen molar-refractivity contribution in [2.45, 2.75) is 19.5 Å². The Kier molecular flexibility index (Phi) is 6.80. The lowest BCUT2D eigenvalue weighted by molar-refractivity contribution is 0.189. The van der Waals surface area contributed by atoms with Gasteiger partial charge in [0, 0.05) is 46.7 Å². The maximum absolute atomic E-state index is 5.03. The molecule has 5 nitrogen and oxygen atoms in total. The molecule has 1 aromatic heterocycles. The summed E-state index contributed by atoms with van der Waals surface area (Å²) < 4.78 is 12.1. The third-order valence-corrected chi connectivity index (χ3v) is 2.34. The Bertz CT molecular complexity index is 276. The van der Waals surface area contributed by atoms with Crippen LogP contribution in [0.2, 0.25) is 0 Å². The molecule has 1 rings (SSSR count). The summed E-state index contributed by atoms with van der Waals surface area (Å²) in [4.78, 5) is 4.15. The first-order chi connectivity index (χ1) is 7.88. The predicted octanol–water partition coefficient (Wildman–Crippen LogP) is 0.656. The molecule has 0 spiro atoms. The molecule has 0 atom stereocenters. The number of nitrogens with one attached hydrogen (secondary N) is 1. The third-order valence-electron chi connectivity index (χ3n) is 2.34. The van der Waals surface area contributed by atoms with E-state index >= 15 is 0 Å². The molecular weight excluding hydrogens is 206 g/mol. The maximum atomic E-state index is 5.03. The Morgan fingerprint density at radius 1 is 1.31 bits per heavy atom. The van der Waals surface area contributed by atoms with Crippen molar-refractivity contribution in [3.63, 3.8) is 0 Å². The van der Waals surface area contributed by atoms with Crippen LogP contribution in [-0.2, 0) is 22.6 Å². The Balaban J connectivity index is 2.26. The first-order valence-electron chi connectivity index (χ1n) is 5.56. The van der Waals surface area contributed by atoms with E-state index in [-0.39, 0.29) is 0 Å². The summed E-state index contributed by atoms with van der Waals surface area (Å²) in [7, 11) is 3.43. The van der Waals surface area contributed by atoms with Gasteiger partial charge in [0.05, 0.1) is 18.6 Å². The van der Waals surface area contributed by atoms with Crippen LogP contribution in [-0.4, -0.2) is 43.5 Å². The molecule has 1 aromatic rings. The van der Waals surface area contributed by atoms with E-state index in [1.807, 2.05) is 12.5 Å². The molecule has 0 saturated heterocycles. The summed E-state index contributed by atoms with van der Waals surface area (Å²) in [6.45, 7) is 4.16. The number of aromatic nitrogens is 2. The van der Waals surface area contributed by atoms with Crippen molar-refractivity contribution in [1.82, 2.24) is 14.9 Å². The van der Waals surface area contributed by atoms with Gasteiger partial charge in [-0.1, -0.05) is 0 Å². The van der Waals surface area contributed by atoms with Crippen LogP contribution >= 0.6 is 0 Å². The molecule has 0 aromatic carbocycles. The van der Waals surface area contributed by atoms with E-state index in [2.05, 4.69) is 14.9 Å². The minimum absolute atomic E-state index is 0.734. The number of hydrogen-bond donors (Lipinski definition) is 1. The molecule has 1 heterocycles. The maximum Gasteiger partial charge on any atom is 0.0948 e. The van der Waals surface area contributed by atoms with E-state index in [1.165, 1.54) is 5.69 Å². The molecular formula is C11H21N3O2. The fraction of sp³-hybridized carbons (Fsp3) is 0.727. The van der Waals surface area contributed by atoms with Gasteiger partial charge in [-0.3, -0.25) is 0 Å². The molecule has 92 valence electrons. The fourth-order valence-corrected chi connectivity index (χ4v) is 1.47. The number of hydrogen-bond acceptors (Lipinski definition) is 4. The molecule has 0 bridgehead atoms. The molecule has 5 heteroatoms. The average Bonchev–Trinajstić information content (AvgIpc) is 2.73. The molecule has 0 fully saturated rings. The van der Waals surface area contributed by atoms with Crippen LogP contribution in [0.4, 0.5) is 0 Å². The third kappa shape index (κ3) is 4.74. The van der Waals surface area contributed by atoms with Gasteiger partial charge in [-0.15, -0.1) is 0 Å².